The number of thiazole rings is 1. The first-order valence-corrected chi connectivity index (χ1v) is 11.9. The number of carbonyl (C=O) groups excluding carboxylic acids is 2. The summed E-state index contributed by atoms with van der Waals surface area (Å²) < 4.78 is 41.2. The number of rotatable bonds is 9. The van der Waals surface area contributed by atoms with E-state index in [2.05, 4.69) is 37.2 Å². The Bertz CT molecular complexity index is 1220. The Kier molecular flexibility index (Phi) is 8.71. The van der Waals surface area contributed by atoms with Crippen LogP contribution in [0.15, 0.2) is 46.4 Å². The molecule has 12 heteroatoms. The fourth-order valence-electron chi connectivity index (χ4n) is 2.84. The van der Waals surface area contributed by atoms with Crippen LogP contribution in [0.2, 0.25) is 0 Å². The molecule has 1 fully saturated rings. The number of alkyl halides is 3. The molecule has 0 radical (unpaired) electrons. The van der Waals surface area contributed by atoms with E-state index in [1.54, 1.807) is 11.4 Å². The van der Waals surface area contributed by atoms with Gasteiger partial charge in [0.1, 0.15) is 11.3 Å². The fraction of sp³-hybridized carbons (Fsp3) is 0.333. The van der Waals surface area contributed by atoms with E-state index in [1.807, 2.05) is 6.92 Å². The molecule has 0 unspecified atom stereocenters. The summed E-state index contributed by atoms with van der Waals surface area (Å²) in [5, 5.41) is 6.69. The fourth-order valence-corrected chi connectivity index (χ4v) is 3.57. The van der Waals surface area contributed by atoms with Crippen molar-refractivity contribution in [2.24, 2.45) is 10.7 Å². The largest absolute Gasteiger partial charge is 0.573 e. The summed E-state index contributed by atoms with van der Waals surface area (Å²) in [5.41, 5.74) is 5.99. The van der Waals surface area contributed by atoms with Gasteiger partial charge in [0.2, 0.25) is 5.91 Å². The maximum absolute atomic E-state index is 12.4. The summed E-state index contributed by atoms with van der Waals surface area (Å²) >= 11 is 1.08. The average Bonchev–Trinajstić information content (AvgIpc) is 3.42. The number of hydrogen-bond acceptors (Lipinski definition) is 7. The first-order valence-electron chi connectivity index (χ1n) is 11.0. The number of aliphatic imine (C=N–C) groups is 1. The van der Waals surface area contributed by atoms with E-state index in [0.717, 1.165) is 37.0 Å². The van der Waals surface area contributed by atoms with Crippen molar-refractivity contribution >= 4 is 34.5 Å². The Labute approximate surface area is 209 Å². The molecule has 190 valence electrons. The third-order valence-corrected chi connectivity index (χ3v) is 5.54. The van der Waals surface area contributed by atoms with Crippen molar-refractivity contribution in [2.45, 2.75) is 44.5 Å². The summed E-state index contributed by atoms with van der Waals surface area (Å²) in [6.45, 7) is 1.69. The van der Waals surface area contributed by atoms with Crippen LogP contribution in [-0.2, 0) is 9.59 Å². The number of allylic oxidation sites excluding steroid dienone is 1. The van der Waals surface area contributed by atoms with Crippen molar-refractivity contribution < 1.29 is 27.5 Å². The van der Waals surface area contributed by atoms with Crippen molar-refractivity contribution in [2.75, 3.05) is 11.9 Å². The third-order valence-electron chi connectivity index (χ3n) is 4.78. The van der Waals surface area contributed by atoms with E-state index >= 15 is 0 Å². The Morgan fingerprint density at radius 2 is 2.14 bits per heavy atom. The lowest BCUT2D eigenvalue weighted by atomic mass is 10.2. The van der Waals surface area contributed by atoms with Gasteiger partial charge in [-0.15, -0.1) is 30.4 Å². The van der Waals surface area contributed by atoms with E-state index in [0.29, 0.717) is 11.3 Å². The number of anilines is 1. The Morgan fingerprint density at radius 1 is 1.36 bits per heavy atom. The van der Waals surface area contributed by atoms with Gasteiger partial charge in [0.25, 0.3) is 5.91 Å². The number of unbranched alkanes of at least 4 members (excludes halogenated alkanes) is 1. The van der Waals surface area contributed by atoms with E-state index in [1.165, 1.54) is 30.5 Å². The molecule has 2 aromatic rings. The van der Waals surface area contributed by atoms with Gasteiger partial charge >= 0.3 is 6.36 Å². The molecule has 1 aliphatic rings. The summed E-state index contributed by atoms with van der Waals surface area (Å²) in [4.78, 5) is 32.9. The van der Waals surface area contributed by atoms with E-state index in [4.69, 9.17) is 5.73 Å². The molecule has 3 rings (SSSR count). The predicted octanol–water partition coefficient (Wildman–Crippen LogP) is 4.01. The van der Waals surface area contributed by atoms with E-state index in [9.17, 15) is 22.8 Å². The molecule has 1 aliphatic carbocycles. The number of ether oxygens (including phenoxy) is 1. The zero-order valence-corrected chi connectivity index (χ0v) is 20.1. The van der Waals surface area contributed by atoms with Gasteiger partial charge in [0, 0.05) is 23.6 Å². The van der Waals surface area contributed by atoms with Crippen molar-refractivity contribution in [1.29, 1.82) is 0 Å². The van der Waals surface area contributed by atoms with Gasteiger partial charge in [-0.1, -0.05) is 25.0 Å². The van der Waals surface area contributed by atoms with Crippen LogP contribution in [0, 0.1) is 11.8 Å². The molecule has 0 saturated heterocycles. The first-order chi connectivity index (χ1) is 17.1. The van der Waals surface area contributed by atoms with Gasteiger partial charge in [-0.2, -0.15) is 0 Å². The number of amides is 2. The van der Waals surface area contributed by atoms with Crippen molar-refractivity contribution in [3.05, 3.63) is 41.4 Å². The van der Waals surface area contributed by atoms with Gasteiger partial charge in [0.05, 0.1) is 17.9 Å². The van der Waals surface area contributed by atoms with Crippen molar-refractivity contribution in [3.63, 3.8) is 0 Å². The smallest absolute Gasteiger partial charge is 0.406 e. The number of halogens is 3. The normalized spacial score (nSPS) is 14.6. The number of carbonyl (C=O) groups is 2. The second kappa shape index (κ2) is 11.7. The van der Waals surface area contributed by atoms with Gasteiger partial charge in [-0.3, -0.25) is 14.6 Å². The van der Waals surface area contributed by atoms with Crippen LogP contribution in [0.1, 0.15) is 32.6 Å². The molecule has 2 amide bonds. The Morgan fingerprint density at radius 3 is 2.83 bits per heavy atom. The van der Waals surface area contributed by atoms with Crippen molar-refractivity contribution in [1.82, 2.24) is 10.3 Å². The van der Waals surface area contributed by atoms with Gasteiger partial charge in [-0.25, -0.2) is 4.98 Å². The molecule has 4 N–H and O–H groups in total. The molecule has 36 heavy (non-hydrogen) atoms. The lowest BCUT2D eigenvalue weighted by Gasteiger charge is -2.09. The molecule has 8 nitrogen and oxygen atoms in total. The summed E-state index contributed by atoms with van der Waals surface area (Å²) in [6.07, 6.45) is 1.53. The zero-order chi connectivity index (χ0) is 26.2. The topological polar surface area (TPSA) is 119 Å². The zero-order valence-electron chi connectivity index (χ0n) is 19.3. The standard InChI is InChI=1S/C24H24F3N5O3S/c1-2-3-4-9-23(10-11-23)30-12-8-18(28)21(34)29-14-20(33)32-22-31-19(15-36-22)16-6-5-7-17(13-16)35-24(25,26)27/h5-8,12-13,15H,2-3,10-11,14,28H2,1H3,(H,29,34)(H,31,32,33)/b18-8-,30-12?. The second-order valence-electron chi connectivity index (χ2n) is 7.83. The molecule has 1 heterocycles. The molecular weight excluding hydrogens is 495 g/mol. The highest BCUT2D eigenvalue weighted by molar-refractivity contribution is 7.14. The number of hydrogen-bond donors (Lipinski definition) is 3. The maximum atomic E-state index is 12.4. The predicted molar refractivity (Wildman–Crippen MR) is 131 cm³/mol. The van der Waals surface area contributed by atoms with Crippen LogP contribution >= 0.6 is 11.3 Å². The SMILES string of the molecule is CCCC#CC1(N=C/C=C(\N)C(=O)NCC(=O)Nc2nc(-c3cccc(OC(F)(F)F)c3)cs2)CC1. The molecule has 1 saturated carbocycles. The molecule has 1 aromatic carbocycles. The second-order valence-corrected chi connectivity index (χ2v) is 8.69. The minimum Gasteiger partial charge on any atom is -0.406 e. The highest BCUT2D eigenvalue weighted by Gasteiger charge is 2.40. The summed E-state index contributed by atoms with van der Waals surface area (Å²) in [7, 11) is 0. The van der Waals surface area contributed by atoms with E-state index in [-0.39, 0.29) is 28.7 Å². The first kappa shape index (κ1) is 26.7. The van der Waals surface area contributed by atoms with Crippen LogP contribution in [0.3, 0.4) is 0 Å². The van der Waals surface area contributed by atoms with Crippen LogP contribution < -0.4 is 21.1 Å². The minimum absolute atomic E-state index is 0.110. The number of aromatic nitrogens is 1. The Balaban J connectivity index is 1.49. The van der Waals surface area contributed by atoms with Gasteiger partial charge in [0.15, 0.2) is 5.13 Å². The van der Waals surface area contributed by atoms with Gasteiger partial charge < -0.3 is 21.1 Å². The lowest BCUT2D eigenvalue weighted by Crippen LogP contribution is -2.35. The summed E-state index contributed by atoms with van der Waals surface area (Å²) in [6, 6.07) is 5.32. The highest BCUT2D eigenvalue weighted by atomic mass is 32.1. The average molecular weight is 520 g/mol. The van der Waals surface area contributed by atoms with Crippen LogP contribution in [0.25, 0.3) is 11.3 Å². The quantitative estimate of drug-likeness (QED) is 0.263. The van der Waals surface area contributed by atoms with Crippen molar-refractivity contribution in [3.8, 4) is 28.8 Å². The van der Waals surface area contributed by atoms with Crippen LogP contribution in [-0.4, -0.2) is 41.5 Å². The highest BCUT2D eigenvalue weighted by Crippen LogP contribution is 2.38. The number of nitrogens with two attached hydrogens (primary N) is 1. The molecule has 1 aromatic heterocycles. The minimum atomic E-state index is -4.81. The number of nitrogens with one attached hydrogen (secondary N) is 2. The number of nitrogens with zero attached hydrogens (tertiary/aromatic N) is 2. The number of benzene rings is 1. The molecule has 0 bridgehead atoms. The Hall–Kier alpha value is -3.85. The molecule has 0 spiro atoms. The monoisotopic (exact) mass is 519 g/mol. The summed E-state index contributed by atoms with van der Waals surface area (Å²) in [5.74, 6) is 4.64. The molecular formula is C24H24F3N5O3S. The van der Waals surface area contributed by atoms with E-state index < -0.39 is 18.2 Å². The lowest BCUT2D eigenvalue weighted by molar-refractivity contribution is -0.274. The maximum Gasteiger partial charge on any atom is 0.573 e. The molecule has 0 aliphatic heterocycles. The molecule has 0 atom stereocenters. The van der Waals surface area contributed by atoms with Crippen LogP contribution in [0.4, 0.5) is 18.3 Å². The third kappa shape index (κ3) is 8.42. The van der Waals surface area contributed by atoms with Crippen LogP contribution in [0.5, 0.6) is 5.75 Å². The van der Waals surface area contributed by atoms with Gasteiger partial charge in [-0.05, 0) is 37.5 Å².